The molecule has 18 heavy (non-hydrogen) atoms. The van der Waals surface area contributed by atoms with Gasteiger partial charge in [-0.05, 0) is 54.0 Å². The number of hydrogen-bond donors (Lipinski definition) is 0. The van der Waals surface area contributed by atoms with E-state index in [0.717, 1.165) is 25.8 Å². The Morgan fingerprint density at radius 2 is 1.67 bits per heavy atom. The molecule has 0 radical (unpaired) electrons. The van der Waals surface area contributed by atoms with Gasteiger partial charge < -0.3 is 4.90 Å². The van der Waals surface area contributed by atoms with Gasteiger partial charge in [0.15, 0.2) is 0 Å². The van der Waals surface area contributed by atoms with Crippen LogP contribution < -0.4 is 0 Å². The van der Waals surface area contributed by atoms with E-state index in [0.29, 0.717) is 6.04 Å². The Morgan fingerprint density at radius 1 is 1.22 bits per heavy atom. The summed E-state index contributed by atoms with van der Waals surface area (Å²) in [6.07, 6.45) is 3.16. The number of carbonyl (C=O) groups is 1. The van der Waals surface area contributed by atoms with E-state index in [9.17, 15) is 4.79 Å². The van der Waals surface area contributed by atoms with Gasteiger partial charge in [-0.25, -0.2) is 0 Å². The van der Waals surface area contributed by atoms with Crippen LogP contribution in [0.1, 0.15) is 60.8 Å². The Bertz CT molecular complexity index is 292. The predicted molar refractivity (Wildman–Crippen MR) is 76.6 cm³/mol. The van der Waals surface area contributed by atoms with Crippen LogP contribution in [-0.2, 0) is 4.79 Å². The Morgan fingerprint density at radius 3 is 2.00 bits per heavy atom. The molecule has 1 rings (SSSR count). The average Bonchev–Trinajstić information content (AvgIpc) is 2.21. The predicted octanol–water partition coefficient (Wildman–Crippen LogP) is 2.90. The minimum Gasteiger partial charge on any atom is -0.340 e. The first-order chi connectivity index (χ1) is 8.12. The molecule has 0 aliphatic carbocycles. The summed E-state index contributed by atoms with van der Waals surface area (Å²) in [5, 5.41) is 0. The normalized spacial score (nSPS) is 23.9. The molecule has 0 aromatic heterocycles. The fraction of sp³-hybridized carbons (Fsp3) is 0.933. The average molecular weight is 254 g/mol. The zero-order valence-corrected chi connectivity index (χ0v) is 13.2. The number of rotatable bonds is 3. The lowest BCUT2D eigenvalue weighted by atomic mass is 9.77. The summed E-state index contributed by atoms with van der Waals surface area (Å²) in [5.74, 6) is 0.220. The van der Waals surface area contributed by atoms with E-state index in [4.69, 9.17) is 0 Å². The molecule has 1 amide bonds. The van der Waals surface area contributed by atoms with E-state index >= 15 is 0 Å². The molecule has 0 aromatic rings. The van der Waals surface area contributed by atoms with E-state index in [2.05, 4.69) is 51.5 Å². The molecule has 1 aliphatic heterocycles. The lowest BCUT2D eigenvalue weighted by molar-refractivity contribution is -0.135. The molecule has 0 unspecified atom stereocenters. The number of amides is 1. The first kappa shape index (κ1) is 15.5. The highest BCUT2D eigenvalue weighted by molar-refractivity contribution is 5.73. The summed E-state index contributed by atoms with van der Waals surface area (Å²) in [6.45, 7) is 13.9. The molecule has 1 aliphatic rings. The van der Waals surface area contributed by atoms with Crippen LogP contribution >= 0.6 is 0 Å². The Labute approximate surface area is 113 Å². The molecule has 0 spiro atoms. The van der Waals surface area contributed by atoms with Crippen molar-refractivity contribution in [2.45, 2.75) is 77.9 Å². The van der Waals surface area contributed by atoms with Crippen LogP contribution in [-0.4, -0.2) is 46.4 Å². The van der Waals surface area contributed by atoms with Crippen LogP contribution in [0.3, 0.4) is 0 Å². The van der Waals surface area contributed by atoms with Gasteiger partial charge in [0.1, 0.15) is 0 Å². The summed E-state index contributed by atoms with van der Waals surface area (Å²) >= 11 is 0. The van der Waals surface area contributed by atoms with Crippen molar-refractivity contribution in [2.24, 2.45) is 0 Å². The fourth-order valence-corrected chi connectivity index (χ4v) is 3.38. The number of carbonyl (C=O) groups excluding carboxylic acids is 1. The third-order valence-electron chi connectivity index (χ3n) is 4.60. The maximum atomic E-state index is 11.8. The van der Waals surface area contributed by atoms with Gasteiger partial charge >= 0.3 is 0 Å². The number of nitrogens with zero attached hydrogens (tertiary/aromatic N) is 2. The highest BCUT2D eigenvalue weighted by atomic mass is 16.2. The SMILES string of the molecule is CCCN(C(C)=O)C1CC(C)(C)N(C)C(C)(C)C1. The minimum atomic E-state index is 0.147. The molecule has 0 aromatic carbocycles. The van der Waals surface area contributed by atoms with Crippen molar-refractivity contribution in [1.82, 2.24) is 9.80 Å². The van der Waals surface area contributed by atoms with Crippen LogP contribution in [0.4, 0.5) is 0 Å². The van der Waals surface area contributed by atoms with Gasteiger partial charge in [-0.2, -0.15) is 0 Å². The standard InChI is InChI=1S/C15H30N2O/c1-8-9-17(12(2)18)13-10-14(3,4)16(7)15(5,6)11-13/h13H,8-11H2,1-7H3. The van der Waals surface area contributed by atoms with Crippen molar-refractivity contribution in [3.63, 3.8) is 0 Å². The summed E-state index contributed by atoms with van der Waals surface area (Å²) in [7, 11) is 2.20. The highest BCUT2D eigenvalue weighted by Gasteiger charge is 2.44. The number of likely N-dealkylation sites (tertiary alicyclic amines) is 1. The van der Waals surface area contributed by atoms with Gasteiger partial charge in [0.05, 0.1) is 0 Å². The summed E-state index contributed by atoms with van der Waals surface area (Å²) in [4.78, 5) is 16.4. The molecule has 1 heterocycles. The Kier molecular flexibility index (Phi) is 4.47. The molecule has 0 N–H and O–H groups in total. The molecule has 1 saturated heterocycles. The van der Waals surface area contributed by atoms with Crippen molar-refractivity contribution in [3.8, 4) is 0 Å². The molecule has 3 heteroatoms. The molecule has 3 nitrogen and oxygen atoms in total. The molecule has 1 fully saturated rings. The highest BCUT2D eigenvalue weighted by Crippen LogP contribution is 2.38. The largest absolute Gasteiger partial charge is 0.340 e. The molecule has 106 valence electrons. The lowest BCUT2D eigenvalue weighted by Gasteiger charge is -2.55. The van der Waals surface area contributed by atoms with E-state index in [1.165, 1.54) is 0 Å². The quantitative estimate of drug-likeness (QED) is 0.773. The lowest BCUT2D eigenvalue weighted by Crippen LogP contribution is -2.63. The van der Waals surface area contributed by atoms with Crippen LogP contribution in [0.5, 0.6) is 0 Å². The second-order valence-electron chi connectivity index (χ2n) is 6.96. The van der Waals surface area contributed by atoms with Gasteiger partial charge in [0.25, 0.3) is 0 Å². The maximum Gasteiger partial charge on any atom is 0.219 e. The Hall–Kier alpha value is -0.570. The molecule has 0 bridgehead atoms. The number of hydrogen-bond acceptors (Lipinski definition) is 2. The molecular formula is C15H30N2O. The van der Waals surface area contributed by atoms with Gasteiger partial charge in [-0.3, -0.25) is 9.69 Å². The fourth-order valence-electron chi connectivity index (χ4n) is 3.38. The van der Waals surface area contributed by atoms with E-state index < -0.39 is 0 Å². The van der Waals surface area contributed by atoms with Crippen molar-refractivity contribution >= 4 is 5.91 Å². The van der Waals surface area contributed by atoms with Crippen LogP contribution in [0.15, 0.2) is 0 Å². The third-order valence-corrected chi connectivity index (χ3v) is 4.60. The van der Waals surface area contributed by atoms with E-state index in [-0.39, 0.29) is 17.0 Å². The molecule has 0 saturated carbocycles. The summed E-state index contributed by atoms with van der Waals surface area (Å²) in [5.41, 5.74) is 0.293. The zero-order valence-electron chi connectivity index (χ0n) is 13.2. The first-order valence-electron chi connectivity index (χ1n) is 7.13. The zero-order chi connectivity index (χ0) is 14.1. The van der Waals surface area contributed by atoms with Crippen LogP contribution in [0.25, 0.3) is 0 Å². The topological polar surface area (TPSA) is 23.6 Å². The van der Waals surface area contributed by atoms with Crippen LogP contribution in [0.2, 0.25) is 0 Å². The second kappa shape index (κ2) is 5.20. The Balaban J connectivity index is 2.94. The van der Waals surface area contributed by atoms with Crippen molar-refractivity contribution in [2.75, 3.05) is 13.6 Å². The third kappa shape index (κ3) is 3.05. The smallest absolute Gasteiger partial charge is 0.219 e. The van der Waals surface area contributed by atoms with Crippen molar-refractivity contribution in [3.05, 3.63) is 0 Å². The van der Waals surface area contributed by atoms with Gasteiger partial charge in [-0.1, -0.05) is 6.92 Å². The summed E-state index contributed by atoms with van der Waals surface area (Å²) in [6, 6.07) is 0.378. The van der Waals surface area contributed by atoms with Gasteiger partial charge in [0, 0.05) is 30.6 Å². The second-order valence-corrected chi connectivity index (χ2v) is 6.96. The maximum absolute atomic E-state index is 11.8. The summed E-state index contributed by atoms with van der Waals surface area (Å²) < 4.78 is 0. The van der Waals surface area contributed by atoms with E-state index in [1.54, 1.807) is 6.92 Å². The monoisotopic (exact) mass is 254 g/mol. The number of piperidine rings is 1. The van der Waals surface area contributed by atoms with Crippen molar-refractivity contribution in [1.29, 1.82) is 0 Å². The van der Waals surface area contributed by atoms with Crippen molar-refractivity contribution < 1.29 is 4.79 Å². The first-order valence-corrected chi connectivity index (χ1v) is 7.13. The molecular weight excluding hydrogens is 224 g/mol. The van der Waals surface area contributed by atoms with E-state index in [1.807, 2.05) is 0 Å². The minimum absolute atomic E-state index is 0.147. The van der Waals surface area contributed by atoms with Gasteiger partial charge in [0.2, 0.25) is 5.91 Å². The molecule has 0 atom stereocenters. The van der Waals surface area contributed by atoms with Gasteiger partial charge in [-0.15, -0.1) is 0 Å². The van der Waals surface area contributed by atoms with Crippen LogP contribution in [0, 0.1) is 0 Å².